The standard InChI is InChI=1S/C20H18BNO2/c1-13-12-20(14(2)11-17(13)21(23)24)22-18-9-5-3-7-15(18)16-8-4-6-10-19(16)22/h3-12,23-24H,1-2H3. The lowest BCUT2D eigenvalue weighted by Crippen LogP contribution is -2.32. The molecule has 0 fully saturated rings. The zero-order chi connectivity index (χ0) is 16.8. The first kappa shape index (κ1) is 15.0. The largest absolute Gasteiger partial charge is 0.488 e. The first-order valence-electron chi connectivity index (χ1n) is 8.04. The van der Waals surface area contributed by atoms with Crippen molar-refractivity contribution in [2.75, 3.05) is 0 Å². The highest BCUT2D eigenvalue weighted by Gasteiger charge is 2.18. The van der Waals surface area contributed by atoms with Gasteiger partial charge in [0.25, 0.3) is 0 Å². The van der Waals surface area contributed by atoms with E-state index in [9.17, 15) is 10.0 Å². The van der Waals surface area contributed by atoms with Gasteiger partial charge in [0.2, 0.25) is 0 Å². The third-order valence-corrected chi connectivity index (χ3v) is 4.68. The predicted octanol–water partition coefficient (Wildman–Crippen LogP) is 3.08. The number of fused-ring (bicyclic) bond motifs is 3. The first-order chi connectivity index (χ1) is 11.6. The molecule has 0 bridgehead atoms. The van der Waals surface area contributed by atoms with Gasteiger partial charge in [-0.05, 0) is 48.6 Å². The summed E-state index contributed by atoms with van der Waals surface area (Å²) in [6, 6.07) is 20.6. The van der Waals surface area contributed by atoms with E-state index in [1.807, 2.05) is 38.1 Å². The maximum Gasteiger partial charge on any atom is 0.488 e. The second-order valence-electron chi connectivity index (χ2n) is 6.24. The van der Waals surface area contributed by atoms with Crippen molar-refractivity contribution >= 4 is 34.4 Å². The number of hydrogen-bond acceptors (Lipinski definition) is 2. The molecule has 0 unspecified atom stereocenters. The molecule has 1 aromatic heterocycles. The Kier molecular flexibility index (Phi) is 3.45. The number of rotatable bonds is 2. The molecule has 0 aliphatic heterocycles. The van der Waals surface area contributed by atoms with E-state index in [4.69, 9.17) is 0 Å². The maximum atomic E-state index is 9.54. The lowest BCUT2D eigenvalue weighted by Gasteiger charge is -2.15. The van der Waals surface area contributed by atoms with E-state index in [1.165, 1.54) is 10.8 Å². The molecule has 118 valence electrons. The molecule has 0 atom stereocenters. The van der Waals surface area contributed by atoms with Crippen LogP contribution in [0.3, 0.4) is 0 Å². The molecule has 2 N–H and O–H groups in total. The molecule has 0 spiro atoms. The Bertz CT molecular complexity index is 1010. The second-order valence-corrected chi connectivity index (χ2v) is 6.24. The van der Waals surface area contributed by atoms with Crippen molar-refractivity contribution in [3.05, 3.63) is 71.8 Å². The van der Waals surface area contributed by atoms with Gasteiger partial charge in [-0.25, -0.2) is 0 Å². The highest BCUT2D eigenvalue weighted by molar-refractivity contribution is 6.59. The Labute approximate surface area is 140 Å². The van der Waals surface area contributed by atoms with Gasteiger partial charge in [0.1, 0.15) is 0 Å². The van der Waals surface area contributed by atoms with Crippen molar-refractivity contribution in [2.24, 2.45) is 0 Å². The number of para-hydroxylation sites is 2. The molecular formula is C20H18BNO2. The van der Waals surface area contributed by atoms with E-state index in [2.05, 4.69) is 41.0 Å². The lowest BCUT2D eigenvalue weighted by molar-refractivity contribution is 0.425. The highest BCUT2D eigenvalue weighted by Crippen LogP contribution is 2.32. The Morgan fingerprint density at radius 2 is 1.29 bits per heavy atom. The molecule has 0 aliphatic rings. The molecule has 4 heteroatoms. The summed E-state index contributed by atoms with van der Waals surface area (Å²) in [6.07, 6.45) is 0. The normalized spacial score (nSPS) is 11.3. The molecule has 0 radical (unpaired) electrons. The Hall–Kier alpha value is -2.56. The summed E-state index contributed by atoms with van der Waals surface area (Å²) in [4.78, 5) is 0. The summed E-state index contributed by atoms with van der Waals surface area (Å²) in [5.41, 5.74) is 5.80. The molecule has 3 nitrogen and oxygen atoms in total. The molecule has 4 rings (SSSR count). The third-order valence-electron chi connectivity index (χ3n) is 4.68. The van der Waals surface area contributed by atoms with Gasteiger partial charge in [-0.3, -0.25) is 0 Å². The molecule has 1 heterocycles. The van der Waals surface area contributed by atoms with Gasteiger partial charge in [-0.15, -0.1) is 0 Å². The fourth-order valence-electron chi connectivity index (χ4n) is 3.52. The monoisotopic (exact) mass is 315 g/mol. The molecule has 0 aliphatic carbocycles. The van der Waals surface area contributed by atoms with Crippen LogP contribution in [0.5, 0.6) is 0 Å². The number of benzene rings is 3. The topological polar surface area (TPSA) is 45.4 Å². The molecule has 4 aromatic rings. The minimum atomic E-state index is -1.45. The zero-order valence-corrected chi connectivity index (χ0v) is 13.7. The number of nitrogens with zero attached hydrogens (tertiary/aromatic N) is 1. The van der Waals surface area contributed by atoms with Crippen molar-refractivity contribution < 1.29 is 10.0 Å². The van der Waals surface area contributed by atoms with Crippen molar-refractivity contribution in [1.82, 2.24) is 4.57 Å². The summed E-state index contributed by atoms with van der Waals surface area (Å²) in [5, 5.41) is 21.5. The van der Waals surface area contributed by atoms with Crippen LogP contribution in [0.4, 0.5) is 0 Å². The summed E-state index contributed by atoms with van der Waals surface area (Å²) < 4.78 is 2.25. The molecule has 0 amide bonds. The predicted molar refractivity (Wildman–Crippen MR) is 100 cm³/mol. The minimum Gasteiger partial charge on any atom is -0.423 e. The van der Waals surface area contributed by atoms with Crippen LogP contribution in [-0.4, -0.2) is 21.7 Å². The average molecular weight is 315 g/mol. The summed E-state index contributed by atoms with van der Waals surface area (Å²) in [7, 11) is -1.45. The van der Waals surface area contributed by atoms with Crippen molar-refractivity contribution in [2.45, 2.75) is 13.8 Å². The van der Waals surface area contributed by atoms with Crippen LogP contribution in [0.1, 0.15) is 11.1 Å². The van der Waals surface area contributed by atoms with Crippen LogP contribution >= 0.6 is 0 Å². The van der Waals surface area contributed by atoms with Crippen LogP contribution in [0.25, 0.3) is 27.5 Å². The Balaban J connectivity index is 2.11. The van der Waals surface area contributed by atoms with Crippen LogP contribution in [0.15, 0.2) is 60.7 Å². The quantitative estimate of drug-likeness (QED) is 0.558. The zero-order valence-electron chi connectivity index (χ0n) is 13.7. The van der Waals surface area contributed by atoms with E-state index in [1.54, 1.807) is 0 Å². The van der Waals surface area contributed by atoms with Crippen LogP contribution in [-0.2, 0) is 0 Å². The number of hydrogen-bond donors (Lipinski definition) is 2. The summed E-state index contributed by atoms with van der Waals surface area (Å²) >= 11 is 0. The summed E-state index contributed by atoms with van der Waals surface area (Å²) in [6.45, 7) is 3.91. The van der Waals surface area contributed by atoms with E-state index in [0.717, 1.165) is 27.8 Å². The van der Waals surface area contributed by atoms with E-state index in [0.29, 0.717) is 5.46 Å². The van der Waals surface area contributed by atoms with Gasteiger partial charge in [0.15, 0.2) is 0 Å². The third kappa shape index (κ3) is 2.15. The first-order valence-corrected chi connectivity index (χ1v) is 8.04. The van der Waals surface area contributed by atoms with Gasteiger partial charge in [0.05, 0.1) is 11.0 Å². The smallest absolute Gasteiger partial charge is 0.423 e. The van der Waals surface area contributed by atoms with E-state index >= 15 is 0 Å². The van der Waals surface area contributed by atoms with Gasteiger partial charge in [0, 0.05) is 16.5 Å². The van der Waals surface area contributed by atoms with E-state index < -0.39 is 7.12 Å². The van der Waals surface area contributed by atoms with Gasteiger partial charge >= 0.3 is 7.12 Å². The van der Waals surface area contributed by atoms with Gasteiger partial charge < -0.3 is 14.6 Å². The molecule has 0 saturated heterocycles. The Morgan fingerprint density at radius 1 is 0.750 bits per heavy atom. The van der Waals surface area contributed by atoms with Crippen LogP contribution in [0.2, 0.25) is 0 Å². The highest BCUT2D eigenvalue weighted by atomic mass is 16.4. The Morgan fingerprint density at radius 3 is 1.83 bits per heavy atom. The van der Waals surface area contributed by atoms with Crippen molar-refractivity contribution in [3.8, 4) is 5.69 Å². The summed E-state index contributed by atoms with van der Waals surface area (Å²) in [5.74, 6) is 0. The molecule has 3 aromatic carbocycles. The fourth-order valence-corrected chi connectivity index (χ4v) is 3.52. The minimum absolute atomic E-state index is 0.553. The molecule has 24 heavy (non-hydrogen) atoms. The molecular weight excluding hydrogens is 297 g/mol. The number of aromatic nitrogens is 1. The SMILES string of the molecule is Cc1cc(-n2c3ccccc3c3ccccc32)c(C)cc1B(O)O. The van der Waals surface area contributed by atoms with Crippen molar-refractivity contribution in [1.29, 1.82) is 0 Å². The fraction of sp³-hybridized carbons (Fsp3) is 0.100. The number of aryl methyl sites for hydroxylation is 2. The van der Waals surface area contributed by atoms with E-state index in [-0.39, 0.29) is 0 Å². The average Bonchev–Trinajstić information content (AvgIpc) is 2.91. The van der Waals surface area contributed by atoms with Crippen molar-refractivity contribution in [3.63, 3.8) is 0 Å². The van der Waals surface area contributed by atoms with Crippen LogP contribution < -0.4 is 5.46 Å². The molecule has 0 saturated carbocycles. The van der Waals surface area contributed by atoms with Gasteiger partial charge in [-0.2, -0.15) is 0 Å². The lowest BCUT2D eigenvalue weighted by atomic mass is 9.76. The second kappa shape index (κ2) is 5.51. The van der Waals surface area contributed by atoms with Gasteiger partial charge in [-0.1, -0.05) is 42.5 Å². The maximum absolute atomic E-state index is 9.54. The van der Waals surface area contributed by atoms with Crippen LogP contribution in [0, 0.1) is 13.8 Å².